The third-order valence-corrected chi connectivity index (χ3v) is 4.87. The molecule has 0 aromatic heterocycles. The van der Waals surface area contributed by atoms with Crippen LogP contribution in [0, 0.1) is 13.8 Å². The Hall–Kier alpha value is -2.34. The number of fused-ring (bicyclic) bond motifs is 1. The summed E-state index contributed by atoms with van der Waals surface area (Å²) < 4.78 is 0. The molecule has 0 saturated carbocycles. The van der Waals surface area contributed by atoms with Crippen LogP contribution in [-0.4, -0.2) is 0 Å². The first-order valence-corrected chi connectivity index (χ1v) is 7.96. The normalized spacial score (nSPS) is 19.4. The minimum absolute atomic E-state index is 0.486. The van der Waals surface area contributed by atoms with Gasteiger partial charge in [-0.1, -0.05) is 83.9 Å². The smallest absolute Gasteiger partial charge is 0.0202 e. The minimum Gasteiger partial charge on any atom is -0.0620 e. The van der Waals surface area contributed by atoms with Crippen molar-refractivity contribution in [2.75, 3.05) is 0 Å². The van der Waals surface area contributed by atoms with E-state index in [0.29, 0.717) is 11.8 Å². The van der Waals surface area contributed by atoms with Crippen molar-refractivity contribution in [3.63, 3.8) is 0 Å². The summed E-state index contributed by atoms with van der Waals surface area (Å²) in [5.74, 6) is 0.971. The zero-order valence-electron chi connectivity index (χ0n) is 13.1. The van der Waals surface area contributed by atoms with Crippen molar-refractivity contribution >= 4 is 0 Å². The topological polar surface area (TPSA) is 0 Å². The first kappa shape index (κ1) is 13.3. The molecule has 0 heteroatoms. The Morgan fingerprint density at radius 1 is 0.500 bits per heavy atom. The second-order valence-electron chi connectivity index (χ2n) is 6.41. The summed E-state index contributed by atoms with van der Waals surface area (Å²) >= 11 is 0. The van der Waals surface area contributed by atoms with E-state index >= 15 is 0 Å². The highest BCUT2D eigenvalue weighted by Crippen LogP contribution is 2.53. The van der Waals surface area contributed by atoms with Gasteiger partial charge in [-0.2, -0.15) is 0 Å². The van der Waals surface area contributed by atoms with E-state index in [-0.39, 0.29) is 0 Å². The molecule has 1 aliphatic carbocycles. The van der Waals surface area contributed by atoms with Gasteiger partial charge in [0.05, 0.1) is 0 Å². The van der Waals surface area contributed by atoms with Gasteiger partial charge in [-0.25, -0.2) is 0 Å². The van der Waals surface area contributed by atoms with Crippen molar-refractivity contribution in [2.24, 2.45) is 0 Å². The Labute approximate surface area is 132 Å². The third kappa shape index (κ3) is 2.07. The summed E-state index contributed by atoms with van der Waals surface area (Å²) in [5.41, 5.74) is 8.46. The van der Waals surface area contributed by atoms with E-state index in [2.05, 4.69) is 86.6 Å². The molecule has 4 rings (SSSR count). The maximum absolute atomic E-state index is 2.29. The molecule has 0 heterocycles. The van der Waals surface area contributed by atoms with E-state index in [1.165, 1.54) is 33.4 Å². The van der Waals surface area contributed by atoms with E-state index in [1.807, 2.05) is 0 Å². The average molecular weight is 284 g/mol. The predicted octanol–water partition coefficient (Wildman–Crippen LogP) is 5.58. The molecule has 0 nitrogen and oxygen atoms in total. The van der Waals surface area contributed by atoms with Gasteiger partial charge in [0.1, 0.15) is 0 Å². The summed E-state index contributed by atoms with van der Waals surface area (Å²) in [6, 6.07) is 26.9. The van der Waals surface area contributed by atoms with Gasteiger partial charge >= 0.3 is 0 Å². The number of rotatable bonds is 2. The quantitative estimate of drug-likeness (QED) is 0.576. The van der Waals surface area contributed by atoms with Crippen molar-refractivity contribution in [3.05, 3.63) is 106 Å². The molecule has 0 saturated heterocycles. The summed E-state index contributed by atoms with van der Waals surface area (Å²) in [4.78, 5) is 0. The zero-order valence-corrected chi connectivity index (χ0v) is 13.1. The fraction of sp³-hybridized carbons (Fsp3) is 0.182. The molecule has 0 fully saturated rings. The highest BCUT2D eigenvalue weighted by molar-refractivity contribution is 5.56. The van der Waals surface area contributed by atoms with Crippen molar-refractivity contribution < 1.29 is 0 Å². The van der Waals surface area contributed by atoms with Crippen LogP contribution in [0.15, 0.2) is 72.8 Å². The van der Waals surface area contributed by atoms with Crippen LogP contribution in [0.25, 0.3) is 0 Å². The van der Waals surface area contributed by atoms with Crippen molar-refractivity contribution in [3.8, 4) is 0 Å². The maximum Gasteiger partial charge on any atom is 0.0202 e. The lowest BCUT2D eigenvalue weighted by Gasteiger charge is -2.40. The summed E-state index contributed by atoms with van der Waals surface area (Å²) in [5, 5.41) is 0. The van der Waals surface area contributed by atoms with Crippen molar-refractivity contribution in [1.29, 1.82) is 0 Å². The standard InChI is InChI=1S/C22H20/c1-15-7-11-17(12-8-15)21-19-5-3-4-6-20(19)22(21)18-13-9-16(2)10-14-18/h3-14,21-22H,1-2H3. The lowest BCUT2D eigenvalue weighted by Crippen LogP contribution is -2.26. The van der Waals surface area contributed by atoms with Gasteiger partial charge in [0.2, 0.25) is 0 Å². The van der Waals surface area contributed by atoms with E-state index in [1.54, 1.807) is 0 Å². The summed E-state index contributed by atoms with van der Waals surface area (Å²) in [6.45, 7) is 4.30. The van der Waals surface area contributed by atoms with Crippen LogP contribution in [0.4, 0.5) is 0 Å². The van der Waals surface area contributed by atoms with Gasteiger partial charge < -0.3 is 0 Å². The van der Waals surface area contributed by atoms with Gasteiger partial charge in [0.15, 0.2) is 0 Å². The third-order valence-electron chi connectivity index (χ3n) is 4.87. The summed E-state index contributed by atoms with van der Waals surface area (Å²) in [7, 11) is 0. The molecule has 0 amide bonds. The van der Waals surface area contributed by atoms with Gasteiger partial charge in [0.25, 0.3) is 0 Å². The van der Waals surface area contributed by atoms with E-state index in [9.17, 15) is 0 Å². The number of benzene rings is 3. The van der Waals surface area contributed by atoms with E-state index in [4.69, 9.17) is 0 Å². The molecular weight excluding hydrogens is 264 g/mol. The summed E-state index contributed by atoms with van der Waals surface area (Å²) in [6.07, 6.45) is 0. The average Bonchev–Trinajstić information content (AvgIpc) is 2.53. The molecule has 22 heavy (non-hydrogen) atoms. The molecule has 1 aliphatic rings. The Bertz CT molecular complexity index is 724. The lowest BCUT2D eigenvalue weighted by molar-refractivity contribution is 0.607. The molecule has 2 unspecified atom stereocenters. The van der Waals surface area contributed by atoms with Gasteiger partial charge in [-0.15, -0.1) is 0 Å². The van der Waals surface area contributed by atoms with Crippen LogP contribution in [0.2, 0.25) is 0 Å². The molecule has 3 aromatic carbocycles. The Morgan fingerprint density at radius 3 is 1.23 bits per heavy atom. The maximum atomic E-state index is 2.29. The fourth-order valence-electron chi connectivity index (χ4n) is 3.63. The highest BCUT2D eigenvalue weighted by atomic mass is 14.4. The van der Waals surface area contributed by atoms with Crippen LogP contribution < -0.4 is 0 Å². The highest BCUT2D eigenvalue weighted by Gasteiger charge is 2.38. The predicted molar refractivity (Wildman–Crippen MR) is 92.5 cm³/mol. The van der Waals surface area contributed by atoms with Gasteiger partial charge in [-0.05, 0) is 36.1 Å². The molecular formula is C22H20. The van der Waals surface area contributed by atoms with Crippen molar-refractivity contribution in [2.45, 2.75) is 25.7 Å². The largest absolute Gasteiger partial charge is 0.0620 e. The Kier molecular flexibility index (Phi) is 3.11. The molecule has 3 aromatic rings. The number of hydrogen-bond acceptors (Lipinski definition) is 0. The van der Waals surface area contributed by atoms with Crippen LogP contribution in [0.5, 0.6) is 0 Å². The van der Waals surface area contributed by atoms with Crippen LogP contribution in [0.1, 0.15) is 45.2 Å². The van der Waals surface area contributed by atoms with Crippen molar-refractivity contribution in [1.82, 2.24) is 0 Å². The van der Waals surface area contributed by atoms with Gasteiger partial charge in [0, 0.05) is 11.8 Å². The second kappa shape index (κ2) is 5.14. The Morgan fingerprint density at radius 2 is 0.864 bits per heavy atom. The first-order valence-electron chi connectivity index (χ1n) is 7.96. The molecule has 0 radical (unpaired) electrons. The molecule has 2 atom stereocenters. The lowest BCUT2D eigenvalue weighted by atomic mass is 9.62. The van der Waals surface area contributed by atoms with Crippen LogP contribution >= 0.6 is 0 Å². The number of hydrogen-bond donors (Lipinski definition) is 0. The molecule has 0 bridgehead atoms. The SMILES string of the molecule is Cc1ccc(C2c3ccccc3C2c2ccc(C)cc2)cc1. The first-order chi connectivity index (χ1) is 10.7. The van der Waals surface area contributed by atoms with Crippen LogP contribution in [0.3, 0.4) is 0 Å². The molecule has 108 valence electrons. The molecule has 0 spiro atoms. The van der Waals surface area contributed by atoms with E-state index in [0.717, 1.165) is 0 Å². The fourth-order valence-corrected chi connectivity index (χ4v) is 3.63. The zero-order chi connectivity index (χ0) is 15.1. The monoisotopic (exact) mass is 284 g/mol. The molecule has 0 aliphatic heterocycles. The van der Waals surface area contributed by atoms with E-state index < -0.39 is 0 Å². The van der Waals surface area contributed by atoms with Crippen LogP contribution in [-0.2, 0) is 0 Å². The minimum atomic E-state index is 0.486. The number of aryl methyl sites for hydroxylation is 2. The molecule has 0 N–H and O–H groups in total. The van der Waals surface area contributed by atoms with Gasteiger partial charge in [-0.3, -0.25) is 0 Å². The Balaban J connectivity index is 1.81. The second-order valence-corrected chi connectivity index (χ2v) is 6.41.